The molecule has 6 heteroatoms. The number of hydrogen-bond donors (Lipinski definition) is 1. The molecule has 0 amide bonds. The Morgan fingerprint density at radius 2 is 1.88 bits per heavy atom. The molecule has 2 aromatic carbocycles. The van der Waals surface area contributed by atoms with E-state index in [0.717, 1.165) is 53.3 Å². The minimum Gasteiger partial charge on any atom is -0.475 e. The number of halogens is 1. The van der Waals surface area contributed by atoms with Gasteiger partial charge in [0, 0.05) is 42.2 Å². The van der Waals surface area contributed by atoms with Gasteiger partial charge in [0.2, 0.25) is 0 Å². The first-order chi connectivity index (χ1) is 16.6. The number of hydrogen-bond acceptors (Lipinski definition) is 5. The molecule has 2 saturated heterocycles. The monoisotopic (exact) mass is 486 g/mol. The van der Waals surface area contributed by atoms with Gasteiger partial charge >= 0.3 is 0 Å². The number of aryl methyl sites for hydroxylation is 1. The maximum Gasteiger partial charge on any atom is 0.188 e. The van der Waals surface area contributed by atoms with Crippen LogP contribution < -0.4 is 4.90 Å². The van der Waals surface area contributed by atoms with Crippen molar-refractivity contribution in [3.05, 3.63) is 47.0 Å². The maximum absolute atomic E-state index is 9.31. The maximum atomic E-state index is 9.31. The van der Waals surface area contributed by atoms with Crippen LogP contribution in [0.5, 0.6) is 0 Å². The Morgan fingerprint density at radius 3 is 2.50 bits per heavy atom. The second-order valence-electron chi connectivity index (χ2n) is 8.73. The van der Waals surface area contributed by atoms with Crippen molar-refractivity contribution in [2.75, 3.05) is 31.2 Å². The molecular formula is C28H39ClN2O3. The van der Waals surface area contributed by atoms with Crippen molar-refractivity contribution in [2.24, 2.45) is 4.99 Å². The third-order valence-corrected chi connectivity index (χ3v) is 6.51. The second kappa shape index (κ2) is 13.1. The number of ether oxygens (including phenoxy) is 2. The average Bonchev–Trinajstić information content (AvgIpc) is 3.55. The highest BCUT2D eigenvalue weighted by atomic mass is 35.5. The van der Waals surface area contributed by atoms with Crippen LogP contribution in [0.4, 0.5) is 11.4 Å². The topological polar surface area (TPSA) is 54.3 Å². The summed E-state index contributed by atoms with van der Waals surface area (Å²) >= 11 is 6.64. The molecule has 34 heavy (non-hydrogen) atoms. The van der Waals surface area contributed by atoms with Gasteiger partial charge in [-0.1, -0.05) is 44.5 Å². The Labute approximate surface area is 209 Å². The Kier molecular flexibility index (Phi) is 10.2. The Hall–Kier alpha value is -2.08. The van der Waals surface area contributed by atoms with Crippen LogP contribution in [-0.2, 0) is 9.47 Å². The molecule has 2 atom stereocenters. The van der Waals surface area contributed by atoms with Gasteiger partial charge in [0.25, 0.3) is 0 Å². The summed E-state index contributed by atoms with van der Waals surface area (Å²) in [6, 6.07) is 12.7. The third-order valence-electron chi connectivity index (χ3n) is 6.19. The number of aliphatic imine (C=N–C) groups is 1. The molecule has 0 spiro atoms. The van der Waals surface area contributed by atoms with E-state index in [9.17, 15) is 5.11 Å². The predicted molar refractivity (Wildman–Crippen MR) is 143 cm³/mol. The van der Waals surface area contributed by atoms with Gasteiger partial charge in [0.1, 0.15) is 6.10 Å². The van der Waals surface area contributed by atoms with E-state index in [2.05, 4.69) is 42.2 Å². The second-order valence-corrected chi connectivity index (χ2v) is 9.14. The lowest BCUT2D eigenvalue weighted by molar-refractivity contribution is 0.0524. The van der Waals surface area contributed by atoms with E-state index >= 15 is 0 Å². The molecule has 2 aromatic rings. The molecule has 0 saturated carbocycles. The van der Waals surface area contributed by atoms with Crippen molar-refractivity contribution in [3.63, 3.8) is 0 Å². The number of anilines is 1. The largest absolute Gasteiger partial charge is 0.475 e. The first-order valence-corrected chi connectivity index (χ1v) is 13.1. The van der Waals surface area contributed by atoms with Gasteiger partial charge < -0.3 is 19.5 Å². The van der Waals surface area contributed by atoms with Gasteiger partial charge in [0.05, 0.1) is 25.0 Å². The quantitative estimate of drug-likeness (QED) is 0.340. The highest BCUT2D eigenvalue weighted by Crippen LogP contribution is 2.36. The summed E-state index contributed by atoms with van der Waals surface area (Å²) in [6.07, 6.45) is 4.70. The average molecular weight is 487 g/mol. The standard InChI is InChI=1S/C26H33ClN2O3.C2H6/c1-3-6-26(32-22-14-21(16-30)31-17-22)28-25-15-23(24(27)13-18(25)2)19-7-9-20(10-8-19)29-11-4-5-12-29;1-2/h7-10,13,15,21-22,30H,3-6,11-12,14,16-17H2,1-2H3;1-2H3. The SMILES string of the molecule is CC.CCCC(=Nc1cc(-c2ccc(N3CCCC3)cc2)c(Cl)cc1C)OC1COC(CO)C1. The van der Waals surface area contributed by atoms with Gasteiger partial charge in [0.15, 0.2) is 5.90 Å². The van der Waals surface area contributed by atoms with Crippen LogP contribution in [0, 0.1) is 6.92 Å². The zero-order valence-electron chi connectivity index (χ0n) is 21.0. The minimum atomic E-state index is -0.143. The lowest BCUT2D eigenvalue weighted by atomic mass is 10.0. The van der Waals surface area contributed by atoms with Crippen LogP contribution in [0.1, 0.15) is 58.4 Å². The molecule has 0 radical (unpaired) electrons. The fourth-order valence-corrected chi connectivity index (χ4v) is 4.72. The molecule has 0 aromatic heterocycles. The van der Waals surface area contributed by atoms with Crippen molar-refractivity contribution in [1.29, 1.82) is 0 Å². The van der Waals surface area contributed by atoms with E-state index in [1.165, 1.54) is 18.5 Å². The van der Waals surface area contributed by atoms with E-state index in [4.69, 9.17) is 26.1 Å². The van der Waals surface area contributed by atoms with Crippen LogP contribution in [-0.4, -0.2) is 49.5 Å². The van der Waals surface area contributed by atoms with Gasteiger partial charge in [-0.2, -0.15) is 0 Å². The third kappa shape index (κ3) is 6.74. The van der Waals surface area contributed by atoms with Gasteiger partial charge in [-0.15, -0.1) is 0 Å². The van der Waals surface area contributed by atoms with Gasteiger partial charge in [-0.05, 0) is 61.6 Å². The highest BCUT2D eigenvalue weighted by Gasteiger charge is 2.27. The molecule has 2 aliphatic heterocycles. The molecule has 2 fully saturated rings. The molecule has 4 rings (SSSR count). The number of aliphatic hydroxyl groups excluding tert-OH is 1. The van der Waals surface area contributed by atoms with Crippen molar-refractivity contribution in [3.8, 4) is 11.1 Å². The van der Waals surface area contributed by atoms with Crippen LogP contribution in [0.15, 0.2) is 41.4 Å². The molecule has 0 bridgehead atoms. The lowest BCUT2D eigenvalue weighted by Crippen LogP contribution is -2.19. The zero-order valence-corrected chi connectivity index (χ0v) is 21.8. The molecule has 1 N–H and O–H groups in total. The lowest BCUT2D eigenvalue weighted by Gasteiger charge is -2.18. The van der Waals surface area contributed by atoms with E-state index in [1.807, 2.05) is 26.8 Å². The van der Waals surface area contributed by atoms with Crippen molar-refractivity contribution >= 4 is 28.9 Å². The zero-order chi connectivity index (χ0) is 24.5. The van der Waals surface area contributed by atoms with E-state index in [-0.39, 0.29) is 18.8 Å². The van der Waals surface area contributed by atoms with E-state index in [1.54, 1.807) is 0 Å². The summed E-state index contributed by atoms with van der Waals surface area (Å²) in [5, 5.41) is 10.0. The number of nitrogens with zero attached hydrogens (tertiary/aromatic N) is 2. The molecule has 2 heterocycles. The molecule has 186 valence electrons. The van der Waals surface area contributed by atoms with Crippen LogP contribution in [0.2, 0.25) is 5.02 Å². The predicted octanol–water partition coefficient (Wildman–Crippen LogP) is 6.94. The highest BCUT2D eigenvalue weighted by molar-refractivity contribution is 6.33. The first-order valence-electron chi connectivity index (χ1n) is 12.7. The first kappa shape index (κ1) is 26.5. The van der Waals surface area contributed by atoms with E-state index < -0.39 is 0 Å². The Bertz CT molecular complexity index is 939. The van der Waals surface area contributed by atoms with Crippen LogP contribution in [0.3, 0.4) is 0 Å². The number of aliphatic hydroxyl groups is 1. The summed E-state index contributed by atoms with van der Waals surface area (Å²) in [5.74, 6) is 0.709. The summed E-state index contributed by atoms with van der Waals surface area (Å²) in [4.78, 5) is 7.31. The molecule has 0 aliphatic carbocycles. The number of rotatable bonds is 7. The van der Waals surface area contributed by atoms with E-state index in [0.29, 0.717) is 18.9 Å². The fraction of sp³-hybridized carbons (Fsp3) is 0.536. The molecule has 2 unspecified atom stereocenters. The van der Waals surface area contributed by atoms with Gasteiger partial charge in [-0.3, -0.25) is 0 Å². The summed E-state index contributed by atoms with van der Waals surface area (Å²) < 4.78 is 11.7. The van der Waals surface area contributed by atoms with Crippen molar-refractivity contribution in [1.82, 2.24) is 0 Å². The summed E-state index contributed by atoms with van der Waals surface area (Å²) in [5.41, 5.74) is 5.22. The van der Waals surface area contributed by atoms with Crippen LogP contribution in [0.25, 0.3) is 11.1 Å². The van der Waals surface area contributed by atoms with Crippen molar-refractivity contribution < 1.29 is 14.6 Å². The Morgan fingerprint density at radius 1 is 1.18 bits per heavy atom. The normalized spacial score (nSPS) is 20.3. The number of benzene rings is 2. The molecule has 2 aliphatic rings. The van der Waals surface area contributed by atoms with Crippen LogP contribution >= 0.6 is 11.6 Å². The minimum absolute atomic E-state index is 0.0241. The van der Waals surface area contributed by atoms with Crippen molar-refractivity contribution in [2.45, 2.75) is 72.0 Å². The molecular weight excluding hydrogens is 448 g/mol. The summed E-state index contributed by atoms with van der Waals surface area (Å²) in [7, 11) is 0. The Balaban J connectivity index is 0.00000158. The molecule has 5 nitrogen and oxygen atoms in total. The van der Waals surface area contributed by atoms with Gasteiger partial charge in [-0.25, -0.2) is 4.99 Å². The smallest absolute Gasteiger partial charge is 0.188 e. The summed E-state index contributed by atoms with van der Waals surface area (Å²) in [6.45, 7) is 10.9. The fourth-order valence-electron chi connectivity index (χ4n) is 4.39.